The maximum Gasteiger partial charge on any atom is 0.482 e. The lowest BCUT2D eigenvalue weighted by Crippen LogP contribution is -2.65. The van der Waals surface area contributed by atoms with E-state index in [2.05, 4.69) is 31.4 Å². The summed E-state index contributed by atoms with van der Waals surface area (Å²) < 4.78 is 38.9. The molecule has 1 saturated heterocycles. The van der Waals surface area contributed by atoms with E-state index in [1.54, 1.807) is 17.5 Å². The van der Waals surface area contributed by atoms with Gasteiger partial charge in [-0.25, -0.2) is 14.2 Å². The van der Waals surface area contributed by atoms with Crippen molar-refractivity contribution in [3.05, 3.63) is 148 Å². The summed E-state index contributed by atoms with van der Waals surface area (Å²) in [6, 6.07) is 34.5. The van der Waals surface area contributed by atoms with Gasteiger partial charge in [-0.1, -0.05) is 122 Å². The third kappa shape index (κ3) is 8.67. The van der Waals surface area contributed by atoms with E-state index >= 15 is 4.79 Å². The van der Waals surface area contributed by atoms with Crippen molar-refractivity contribution in [3.8, 4) is 5.75 Å². The molecule has 4 aromatic carbocycles. The Hall–Kier alpha value is -5.57. The summed E-state index contributed by atoms with van der Waals surface area (Å²) in [6.07, 6.45) is 1.84. The molecule has 2 unspecified atom stereocenters. The number of hydrogen-bond acceptors (Lipinski definition) is 11. The predicted molar refractivity (Wildman–Crippen MR) is 247 cm³/mol. The van der Waals surface area contributed by atoms with Gasteiger partial charge in [0, 0.05) is 28.6 Å². The van der Waals surface area contributed by atoms with E-state index < -0.39 is 48.4 Å². The molecular weight excluding hydrogens is 830 g/mol. The van der Waals surface area contributed by atoms with Crippen molar-refractivity contribution in [2.24, 2.45) is 22.4 Å². The predicted octanol–water partition coefficient (Wildman–Crippen LogP) is 9.20. The summed E-state index contributed by atoms with van der Waals surface area (Å²) in [4.78, 5) is 40.3. The molecule has 14 heteroatoms. The topological polar surface area (TPSA) is 130 Å². The van der Waals surface area contributed by atoms with Gasteiger partial charge in [-0.15, -0.1) is 11.3 Å². The van der Waals surface area contributed by atoms with Crippen LogP contribution in [0.25, 0.3) is 0 Å². The number of esters is 1. The summed E-state index contributed by atoms with van der Waals surface area (Å²) in [5, 5.41) is 13.1. The molecule has 1 aliphatic heterocycles. The van der Waals surface area contributed by atoms with Gasteiger partial charge >= 0.3 is 13.1 Å². The highest BCUT2D eigenvalue weighted by molar-refractivity contribution is 7.14. The van der Waals surface area contributed by atoms with E-state index in [1.807, 2.05) is 118 Å². The lowest BCUT2D eigenvalue weighted by molar-refractivity contribution is -0.199. The summed E-state index contributed by atoms with van der Waals surface area (Å²) in [5.41, 5.74) is 0.726. The second-order valence-corrected chi connectivity index (χ2v) is 19.4. The first-order valence-corrected chi connectivity index (χ1v) is 22.8. The molecule has 4 aliphatic rings. The van der Waals surface area contributed by atoms with Crippen molar-refractivity contribution < 1.29 is 37.6 Å². The van der Waals surface area contributed by atoms with Crippen LogP contribution >= 0.6 is 11.3 Å². The number of anilines is 1. The number of aromatic nitrogens is 1. The average molecular weight is 887 g/mol. The number of amides is 1. The van der Waals surface area contributed by atoms with Crippen LogP contribution in [-0.4, -0.2) is 73.3 Å². The van der Waals surface area contributed by atoms with Gasteiger partial charge in [-0.2, -0.15) is 0 Å². The number of para-hydroxylation sites is 1. The largest absolute Gasteiger partial charge is 0.496 e. The lowest BCUT2D eigenvalue weighted by Gasteiger charge is -2.64. The van der Waals surface area contributed by atoms with E-state index in [9.17, 15) is 9.18 Å². The SMILES string of the molecule is COc1c(CC(NC(=O)/C(=N\OC(c2ccccc2)(c2ccccc2)c2ccccc2)c2csc(NCCF)n2)B2OC3C[C@H]4C[C@@H](C4(C)C)[C@]3(C)O2)cccc1C(=O)OC(C)(C)C. The Labute approximate surface area is 379 Å². The Morgan fingerprint density at radius 2 is 1.55 bits per heavy atom. The highest BCUT2D eigenvalue weighted by Crippen LogP contribution is 2.65. The first kappa shape index (κ1) is 45.0. The Bertz CT molecular complexity index is 2370. The number of carbonyl (C=O) groups excluding carboxylic acids is 2. The Morgan fingerprint density at radius 1 is 0.922 bits per heavy atom. The molecule has 2 bridgehead atoms. The highest BCUT2D eigenvalue weighted by Gasteiger charge is 2.68. The number of halogens is 1. The fourth-order valence-corrected chi connectivity index (χ4v) is 10.6. The number of hydrogen-bond donors (Lipinski definition) is 2. The average Bonchev–Trinajstić information content (AvgIpc) is 3.91. The molecule has 0 radical (unpaired) electrons. The third-order valence-corrected chi connectivity index (χ3v) is 13.9. The van der Waals surface area contributed by atoms with Crippen molar-refractivity contribution in [3.63, 3.8) is 0 Å². The summed E-state index contributed by atoms with van der Waals surface area (Å²) in [5.74, 6) is -0.904. The number of alkyl halides is 1. The van der Waals surface area contributed by atoms with Gasteiger partial charge in [0.1, 0.15) is 29.3 Å². The van der Waals surface area contributed by atoms with E-state index in [4.69, 9.17) is 33.8 Å². The lowest BCUT2D eigenvalue weighted by atomic mass is 9.43. The molecule has 9 rings (SSSR count). The number of ether oxygens (including phenoxy) is 2. The fourth-order valence-electron chi connectivity index (χ4n) is 9.85. The van der Waals surface area contributed by atoms with Crippen molar-refractivity contribution >= 4 is 41.2 Å². The van der Waals surface area contributed by atoms with Gasteiger partial charge in [0.25, 0.3) is 5.91 Å². The van der Waals surface area contributed by atoms with Crippen LogP contribution in [0, 0.1) is 17.3 Å². The Balaban J connectivity index is 1.22. The van der Waals surface area contributed by atoms with Crippen LogP contribution in [0.3, 0.4) is 0 Å². The van der Waals surface area contributed by atoms with Crippen LogP contribution in [-0.2, 0) is 35.7 Å². The van der Waals surface area contributed by atoms with Crippen LogP contribution in [0.1, 0.15) is 92.7 Å². The normalized spacial score (nSPS) is 21.8. The molecule has 3 saturated carbocycles. The van der Waals surface area contributed by atoms with Crippen LogP contribution in [0.5, 0.6) is 5.75 Å². The summed E-state index contributed by atoms with van der Waals surface area (Å²) >= 11 is 1.22. The number of methoxy groups -OCH3 is 1. The first-order valence-electron chi connectivity index (χ1n) is 21.9. The fraction of sp³-hybridized carbons (Fsp3) is 0.400. The maximum absolute atomic E-state index is 15.3. The molecule has 64 heavy (non-hydrogen) atoms. The third-order valence-electron chi connectivity index (χ3n) is 13.1. The molecule has 3 aliphatic carbocycles. The molecule has 11 nitrogen and oxygen atoms in total. The van der Waals surface area contributed by atoms with E-state index in [0.717, 1.165) is 29.5 Å². The van der Waals surface area contributed by atoms with Crippen LogP contribution < -0.4 is 15.4 Å². The number of thiazole rings is 1. The van der Waals surface area contributed by atoms with Gasteiger partial charge in [0.2, 0.25) is 5.60 Å². The molecule has 0 spiro atoms. The molecule has 5 atom stereocenters. The molecule has 1 aromatic heterocycles. The zero-order valence-corrected chi connectivity index (χ0v) is 38.2. The van der Waals surface area contributed by atoms with Gasteiger partial charge in [-0.3, -0.25) is 4.79 Å². The molecule has 5 aromatic rings. The van der Waals surface area contributed by atoms with Crippen molar-refractivity contribution in [1.82, 2.24) is 10.3 Å². The molecular formula is C50H56BFN4O7S. The molecule has 1 amide bonds. The van der Waals surface area contributed by atoms with Crippen molar-refractivity contribution in [2.75, 3.05) is 25.6 Å². The number of nitrogens with one attached hydrogen (secondary N) is 2. The molecule has 334 valence electrons. The van der Waals surface area contributed by atoms with Crippen LogP contribution in [0.15, 0.2) is 120 Å². The molecule has 4 fully saturated rings. The van der Waals surface area contributed by atoms with Gasteiger partial charge in [0.15, 0.2) is 10.8 Å². The molecule has 2 heterocycles. The standard InChI is InChI=1S/C50H56BFN4O7S/c1-47(2,3)60-45(58)37-25-17-18-32(43(37)59-7)28-41(51-61-40-30-36-29-39(48(36,4)5)49(40,6)62-51)55-44(57)42(38-31-64-46(54-38)53-27-26-52)56-63-50(33-19-11-8-12-20-33,34-21-13-9-14-22-34)35-23-15-10-16-24-35/h8-25,31,36,39-41H,26-30H2,1-7H3,(H,53,54)(H,55,57)/b56-42-/t36-,39+,40?,41?,49+/m1/s1. The maximum atomic E-state index is 15.3. The smallest absolute Gasteiger partial charge is 0.482 e. The van der Waals surface area contributed by atoms with E-state index in [0.29, 0.717) is 22.4 Å². The van der Waals surface area contributed by atoms with E-state index in [1.165, 1.54) is 18.4 Å². The minimum absolute atomic E-state index is 0.0441. The number of benzene rings is 4. The number of carbonyl (C=O) groups is 2. The minimum atomic E-state index is -1.31. The number of rotatable bonds is 16. The monoisotopic (exact) mass is 886 g/mol. The Morgan fingerprint density at radius 3 is 2.11 bits per heavy atom. The van der Waals surface area contributed by atoms with Gasteiger partial charge in [-0.05, 0) is 75.8 Å². The second kappa shape index (κ2) is 18.1. The number of oxime groups is 1. The molecule has 2 N–H and O–H groups in total. The quantitative estimate of drug-likeness (QED) is 0.0328. The van der Waals surface area contributed by atoms with Crippen LogP contribution in [0.4, 0.5) is 9.52 Å². The first-order chi connectivity index (χ1) is 30.7. The summed E-state index contributed by atoms with van der Waals surface area (Å²) in [6.45, 7) is 11.6. The highest BCUT2D eigenvalue weighted by atomic mass is 32.1. The van der Waals surface area contributed by atoms with E-state index in [-0.39, 0.29) is 47.4 Å². The van der Waals surface area contributed by atoms with Crippen molar-refractivity contribution in [2.45, 2.75) is 89.7 Å². The number of nitrogens with zero attached hydrogens (tertiary/aromatic N) is 2. The zero-order valence-electron chi connectivity index (χ0n) is 37.4. The van der Waals surface area contributed by atoms with Gasteiger partial charge in [0.05, 0.1) is 24.8 Å². The van der Waals surface area contributed by atoms with Gasteiger partial charge < -0.3 is 34.3 Å². The summed E-state index contributed by atoms with van der Waals surface area (Å²) in [7, 11) is 0.617. The Kier molecular flexibility index (Phi) is 12.8. The second-order valence-electron chi connectivity index (χ2n) is 18.6. The van der Waals surface area contributed by atoms with Crippen molar-refractivity contribution in [1.29, 1.82) is 0 Å². The van der Waals surface area contributed by atoms with Crippen LogP contribution in [0.2, 0.25) is 0 Å². The zero-order chi connectivity index (χ0) is 45.3. The minimum Gasteiger partial charge on any atom is -0.496 e.